The first-order valence-electron chi connectivity index (χ1n) is 7.03. The molecular formula is C15H18N2O3. The van der Waals surface area contributed by atoms with Crippen molar-refractivity contribution < 1.29 is 14.6 Å². The van der Waals surface area contributed by atoms with E-state index in [1.54, 1.807) is 12.1 Å². The molecule has 5 nitrogen and oxygen atoms in total. The van der Waals surface area contributed by atoms with E-state index in [1.165, 1.54) is 0 Å². The molecule has 1 aliphatic rings. The molecule has 1 aromatic heterocycles. The van der Waals surface area contributed by atoms with Gasteiger partial charge in [-0.2, -0.15) is 0 Å². The van der Waals surface area contributed by atoms with Crippen molar-refractivity contribution in [2.75, 3.05) is 13.2 Å². The van der Waals surface area contributed by atoms with Gasteiger partial charge in [-0.15, -0.1) is 0 Å². The van der Waals surface area contributed by atoms with Crippen molar-refractivity contribution in [2.24, 2.45) is 0 Å². The van der Waals surface area contributed by atoms with Crippen molar-refractivity contribution in [2.45, 2.75) is 32.2 Å². The van der Waals surface area contributed by atoms with Crippen LogP contribution in [0, 0.1) is 0 Å². The number of rotatable bonds is 3. The average molecular weight is 274 g/mol. The minimum Gasteiger partial charge on any atom is -0.478 e. The van der Waals surface area contributed by atoms with Crippen LogP contribution >= 0.6 is 0 Å². The van der Waals surface area contributed by atoms with E-state index < -0.39 is 5.97 Å². The lowest BCUT2D eigenvalue weighted by Crippen LogP contribution is -2.21. The van der Waals surface area contributed by atoms with Gasteiger partial charge in [-0.3, -0.25) is 0 Å². The van der Waals surface area contributed by atoms with Crippen LogP contribution in [0.4, 0.5) is 0 Å². The van der Waals surface area contributed by atoms with Crippen molar-refractivity contribution in [3.63, 3.8) is 0 Å². The van der Waals surface area contributed by atoms with Gasteiger partial charge in [0, 0.05) is 25.7 Å². The Morgan fingerprint density at radius 1 is 1.45 bits per heavy atom. The molecular weight excluding hydrogens is 256 g/mol. The third-order valence-corrected chi connectivity index (χ3v) is 3.90. The number of carboxylic acids is 1. The van der Waals surface area contributed by atoms with Gasteiger partial charge in [0.15, 0.2) is 0 Å². The summed E-state index contributed by atoms with van der Waals surface area (Å²) in [6.07, 6.45) is 2.70. The maximum atomic E-state index is 11.3. The van der Waals surface area contributed by atoms with E-state index in [-0.39, 0.29) is 5.56 Å². The second-order valence-electron chi connectivity index (χ2n) is 5.07. The molecule has 0 unspecified atom stereocenters. The van der Waals surface area contributed by atoms with Gasteiger partial charge in [0.1, 0.15) is 11.3 Å². The molecule has 2 heterocycles. The van der Waals surface area contributed by atoms with Crippen molar-refractivity contribution in [1.82, 2.24) is 9.55 Å². The van der Waals surface area contributed by atoms with E-state index in [1.807, 2.05) is 6.07 Å². The zero-order valence-electron chi connectivity index (χ0n) is 11.5. The smallest absolute Gasteiger partial charge is 0.337 e. The molecule has 1 fully saturated rings. The molecule has 0 amide bonds. The number of aryl methyl sites for hydroxylation is 1. The maximum Gasteiger partial charge on any atom is 0.337 e. The summed E-state index contributed by atoms with van der Waals surface area (Å²) in [7, 11) is 0. The molecule has 1 aliphatic heterocycles. The molecule has 1 N–H and O–H groups in total. The molecule has 0 bridgehead atoms. The van der Waals surface area contributed by atoms with Gasteiger partial charge in [0.25, 0.3) is 0 Å². The van der Waals surface area contributed by atoms with Crippen LogP contribution in [0.5, 0.6) is 0 Å². The number of hydrogen-bond acceptors (Lipinski definition) is 3. The van der Waals surface area contributed by atoms with Crippen LogP contribution in [0.3, 0.4) is 0 Å². The summed E-state index contributed by atoms with van der Waals surface area (Å²) in [5.74, 6) is 0.0375. The summed E-state index contributed by atoms with van der Waals surface area (Å²) in [6.45, 7) is 3.57. The largest absolute Gasteiger partial charge is 0.478 e. The Bertz CT molecular complexity index is 642. The number of carboxylic acid groups (broad SMARTS) is 1. The number of imidazole rings is 1. The van der Waals surface area contributed by atoms with Crippen molar-refractivity contribution in [3.05, 3.63) is 29.6 Å². The zero-order valence-corrected chi connectivity index (χ0v) is 11.5. The predicted molar refractivity (Wildman–Crippen MR) is 75.2 cm³/mol. The molecule has 0 saturated carbocycles. The second kappa shape index (κ2) is 5.25. The Hall–Kier alpha value is -1.88. The van der Waals surface area contributed by atoms with Crippen LogP contribution in [0.2, 0.25) is 0 Å². The van der Waals surface area contributed by atoms with E-state index in [2.05, 4.69) is 16.5 Å². The molecule has 2 aromatic rings. The summed E-state index contributed by atoms with van der Waals surface area (Å²) in [5, 5.41) is 9.30. The van der Waals surface area contributed by atoms with Gasteiger partial charge in [-0.05, 0) is 25.0 Å². The number of carbonyl (C=O) groups is 1. The number of aromatic carboxylic acids is 1. The van der Waals surface area contributed by atoms with Crippen LogP contribution in [0.25, 0.3) is 11.0 Å². The van der Waals surface area contributed by atoms with Crippen LogP contribution < -0.4 is 0 Å². The molecule has 106 valence electrons. The first-order chi connectivity index (χ1) is 9.72. The third kappa shape index (κ3) is 2.08. The highest BCUT2D eigenvalue weighted by Crippen LogP contribution is 2.29. The monoisotopic (exact) mass is 274 g/mol. The van der Waals surface area contributed by atoms with Gasteiger partial charge < -0.3 is 14.4 Å². The van der Waals surface area contributed by atoms with Crippen molar-refractivity contribution in [3.8, 4) is 0 Å². The lowest BCUT2D eigenvalue weighted by Gasteiger charge is -2.25. The number of hydrogen-bond donors (Lipinski definition) is 1. The minimum atomic E-state index is -0.921. The molecule has 0 atom stereocenters. The van der Waals surface area contributed by atoms with Gasteiger partial charge in [0.2, 0.25) is 0 Å². The molecule has 20 heavy (non-hydrogen) atoms. The number of nitrogens with zero attached hydrogens (tertiary/aromatic N) is 2. The van der Waals surface area contributed by atoms with Gasteiger partial charge >= 0.3 is 5.97 Å². The van der Waals surface area contributed by atoms with Crippen LogP contribution in [0.1, 0.15) is 42.0 Å². The molecule has 1 saturated heterocycles. The highest BCUT2D eigenvalue weighted by molar-refractivity contribution is 6.01. The standard InChI is InChI=1S/C15H18N2O3/c1-2-13-16-14-11(15(18)19)4-3-5-12(14)17(13)10-6-8-20-9-7-10/h3-5,10H,2,6-9H2,1H3,(H,18,19). The normalized spacial score (nSPS) is 16.6. The van der Waals surface area contributed by atoms with E-state index in [0.29, 0.717) is 11.6 Å². The summed E-state index contributed by atoms with van der Waals surface area (Å²) in [6, 6.07) is 5.73. The predicted octanol–water partition coefficient (Wildman–Crippen LogP) is 2.65. The van der Waals surface area contributed by atoms with Crippen molar-refractivity contribution >= 4 is 17.0 Å². The fourth-order valence-corrected chi connectivity index (χ4v) is 2.94. The maximum absolute atomic E-state index is 11.3. The minimum absolute atomic E-state index is 0.281. The lowest BCUT2D eigenvalue weighted by molar-refractivity contribution is 0.0693. The summed E-state index contributed by atoms with van der Waals surface area (Å²) >= 11 is 0. The number of fused-ring (bicyclic) bond motifs is 1. The second-order valence-corrected chi connectivity index (χ2v) is 5.07. The molecule has 0 spiro atoms. The average Bonchev–Trinajstić information content (AvgIpc) is 2.86. The van der Waals surface area contributed by atoms with Crippen molar-refractivity contribution in [1.29, 1.82) is 0 Å². The highest BCUT2D eigenvalue weighted by Gasteiger charge is 2.23. The number of ether oxygens (including phenoxy) is 1. The lowest BCUT2D eigenvalue weighted by atomic mass is 10.1. The molecule has 0 aliphatic carbocycles. The first kappa shape index (κ1) is 13.1. The summed E-state index contributed by atoms with van der Waals surface area (Å²) < 4.78 is 7.63. The molecule has 0 radical (unpaired) electrons. The fraction of sp³-hybridized carbons (Fsp3) is 0.467. The van der Waals surface area contributed by atoms with E-state index in [0.717, 1.165) is 43.8 Å². The first-order valence-corrected chi connectivity index (χ1v) is 7.03. The number of benzene rings is 1. The third-order valence-electron chi connectivity index (χ3n) is 3.90. The molecule has 1 aromatic carbocycles. The van der Waals surface area contributed by atoms with Gasteiger partial charge in [-0.25, -0.2) is 9.78 Å². The fourth-order valence-electron chi connectivity index (χ4n) is 2.94. The highest BCUT2D eigenvalue weighted by atomic mass is 16.5. The Labute approximate surface area is 117 Å². The Morgan fingerprint density at radius 3 is 2.85 bits per heavy atom. The van der Waals surface area contributed by atoms with Crippen LogP contribution in [-0.2, 0) is 11.2 Å². The number of para-hydroxylation sites is 1. The van der Waals surface area contributed by atoms with Crippen LogP contribution in [-0.4, -0.2) is 33.8 Å². The Balaban J connectivity index is 2.19. The summed E-state index contributed by atoms with van der Waals surface area (Å²) in [5.41, 5.74) is 1.81. The van der Waals surface area contributed by atoms with E-state index >= 15 is 0 Å². The van der Waals surface area contributed by atoms with E-state index in [4.69, 9.17) is 4.74 Å². The molecule has 5 heteroatoms. The van der Waals surface area contributed by atoms with Gasteiger partial charge in [0.05, 0.1) is 11.1 Å². The topological polar surface area (TPSA) is 64.3 Å². The molecule has 3 rings (SSSR count). The Morgan fingerprint density at radius 2 is 2.20 bits per heavy atom. The zero-order chi connectivity index (χ0) is 14.1. The van der Waals surface area contributed by atoms with Gasteiger partial charge in [-0.1, -0.05) is 13.0 Å². The van der Waals surface area contributed by atoms with Crippen LogP contribution in [0.15, 0.2) is 18.2 Å². The summed E-state index contributed by atoms with van der Waals surface area (Å²) in [4.78, 5) is 15.9. The quantitative estimate of drug-likeness (QED) is 0.934. The number of aromatic nitrogens is 2. The Kier molecular flexibility index (Phi) is 3.44. The SMILES string of the molecule is CCc1nc2c(C(=O)O)cccc2n1C1CCOCC1. The van der Waals surface area contributed by atoms with E-state index in [9.17, 15) is 9.90 Å².